The summed E-state index contributed by atoms with van der Waals surface area (Å²) in [6.07, 6.45) is 0.0744. The Balaban J connectivity index is 2.78. The minimum absolute atomic E-state index is 0.0744. The summed E-state index contributed by atoms with van der Waals surface area (Å²) in [4.78, 5) is 0. The Labute approximate surface area is 81.8 Å². The molecule has 0 heterocycles. The van der Waals surface area contributed by atoms with E-state index in [4.69, 9.17) is 0 Å². The second-order valence-electron chi connectivity index (χ2n) is 3.06. The molecule has 0 bridgehead atoms. The SMILES string of the molecule is Cc1cc(F)ccc1CCS(=O)(=O)F. The van der Waals surface area contributed by atoms with Crippen LogP contribution in [0.5, 0.6) is 0 Å². The number of rotatable bonds is 3. The van der Waals surface area contributed by atoms with Crippen LogP contribution in [0.2, 0.25) is 0 Å². The van der Waals surface area contributed by atoms with Gasteiger partial charge in [0.2, 0.25) is 0 Å². The molecule has 0 aromatic heterocycles. The molecule has 0 aliphatic carbocycles. The molecule has 0 aliphatic rings. The lowest BCUT2D eigenvalue weighted by atomic mass is 10.1. The van der Waals surface area contributed by atoms with Gasteiger partial charge in [0.1, 0.15) is 5.82 Å². The zero-order valence-corrected chi connectivity index (χ0v) is 8.44. The van der Waals surface area contributed by atoms with Crippen LogP contribution in [0.1, 0.15) is 11.1 Å². The van der Waals surface area contributed by atoms with E-state index in [1.165, 1.54) is 18.2 Å². The van der Waals surface area contributed by atoms with Gasteiger partial charge in [0.25, 0.3) is 0 Å². The first kappa shape index (κ1) is 11.1. The van der Waals surface area contributed by atoms with Crippen molar-refractivity contribution in [3.63, 3.8) is 0 Å². The van der Waals surface area contributed by atoms with Gasteiger partial charge in [0.05, 0.1) is 5.75 Å². The van der Waals surface area contributed by atoms with Crippen LogP contribution in [0.3, 0.4) is 0 Å². The van der Waals surface area contributed by atoms with Gasteiger partial charge in [-0.25, -0.2) is 4.39 Å². The third-order valence-corrected chi connectivity index (χ3v) is 2.61. The Kier molecular flexibility index (Phi) is 3.21. The third-order valence-electron chi connectivity index (χ3n) is 1.92. The van der Waals surface area contributed by atoms with Crippen molar-refractivity contribution in [3.8, 4) is 0 Å². The number of benzene rings is 1. The summed E-state index contributed by atoms with van der Waals surface area (Å²) in [6, 6.07) is 3.99. The third kappa shape index (κ3) is 3.41. The predicted octanol–water partition coefficient (Wildman–Crippen LogP) is 1.98. The van der Waals surface area contributed by atoms with Crippen LogP contribution in [-0.4, -0.2) is 14.2 Å². The fourth-order valence-corrected chi connectivity index (χ4v) is 1.64. The van der Waals surface area contributed by atoms with Crippen molar-refractivity contribution in [2.75, 3.05) is 5.75 Å². The first-order valence-electron chi connectivity index (χ1n) is 4.06. The van der Waals surface area contributed by atoms with Crippen molar-refractivity contribution in [2.45, 2.75) is 13.3 Å². The van der Waals surface area contributed by atoms with E-state index in [2.05, 4.69) is 0 Å². The molecular formula is C9H10F2O2S. The molecule has 0 spiro atoms. The summed E-state index contributed by atoms with van der Waals surface area (Å²) >= 11 is 0. The van der Waals surface area contributed by atoms with Crippen LogP contribution in [-0.2, 0) is 16.6 Å². The van der Waals surface area contributed by atoms with E-state index in [-0.39, 0.29) is 12.2 Å². The Hall–Kier alpha value is -0.970. The average Bonchev–Trinajstić information content (AvgIpc) is 2.00. The molecule has 5 heteroatoms. The second kappa shape index (κ2) is 4.04. The van der Waals surface area contributed by atoms with E-state index in [0.717, 1.165) is 0 Å². The quantitative estimate of drug-likeness (QED) is 0.730. The van der Waals surface area contributed by atoms with E-state index in [1.807, 2.05) is 0 Å². The van der Waals surface area contributed by atoms with Crippen LogP contribution in [0, 0.1) is 12.7 Å². The zero-order chi connectivity index (χ0) is 10.8. The molecule has 0 amide bonds. The molecule has 1 aromatic rings. The van der Waals surface area contributed by atoms with E-state index in [0.29, 0.717) is 11.1 Å². The number of halogens is 2. The average molecular weight is 220 g/mol. The van der Waals surface area contributed by atoms with Gasteiger partial charge in [-0.3, -0.25) is 0 Å². The minimum atomic E-state index is -4.44. The van der Waals surface area contributed by atoms with Crippen molar-refractivity contribution in [2.24, 2.45) is 0 Å². The zero-order valence-electron chi connectivity index (χ0n) is 7.63. The number of hydrogen-bond acceptors (Lipinski definition) is 2. The predicted molar refractivity (Wildman–Crippen MR) is 49.7 cm³/mol. The molecule has 0 radical (unpaired) electrons. The molecule has 14 heavy (non-hydrogen) atoms. The first-order valence-corrected chi connectivity index (χ1v) is 5.61. The minimum Gasteiger partial charge on any atom is -0.207 e. The molecule has 0 N–H and O–H groups in total. The summed E-state index contributed by atoms with van der Waals surface area (Å²) in [5.41, 5.74) is 1.28. The van der Waals surface area contributed by atoms with Crippen LogP contribution in [0.4, 0.5) is 8.28 Å². The van der Waals surface area contributed by atoms with Crippen molar-refractivity contribution in [1.82, 2.24) is 0 Å². The fraction of sp³-hybridized carbons (Fsp3) is 0.333. The van der Waals surface area contributed by atoms with Crippen molar-refractivity contribution in [3.05, 3.63) is 35.1 Å². The van der Waals surface area contributed by atoms with E-state index >= 15 is 0 Å². The maximum atomic E-state index is 12.6. The molecule has 2 nitrogen and oxygen atoms in total. The molecule has 1 aromatic carbocycles. The summed E-state index contributed by atoms with van der Waals surface area (Å²) < 4.78 is 45.3. The maximum absolute atomic E-state index is 12.6. The van der Waals surface area contributed by atoms with E-state index in [9.17, 15) is 16.7 Å². The number of hydrogen-bond donors (Lipinski definition) is 0. The lowest BCUT2D eigenvalue weighted by molar-refractivity contribution is 0.551. The van der Waals surface area contributed by atoms with E-state index < -0.39 is 16.0 Å². The van der Waals surface area contributed by atoms with Gasteiger partial charge in [-0.15, -0.1) is 3.89 Å². The monoisotopic (exact) mass is 220 g/mol. The highest BCUT2D eigenvalue weighted by Crippen LogP contribution is 2.11. The Morgan fingerprint density at radius 2 is 2.00 bits per heavy atom. The molecular weight excluding hydrogens is 210 g/mol. The van der Waals surface area contributed by atoms with Gasteiger partial charge >= 0.3 is 10.2 Å². The highest BCUT2D eigenvalue weighted by atomic mass is 32.3. The van der Waals surface area contributed by atoms with Crippen molar-refractivity contribution in [1.29, 1.82) is 0 Å². The van der Waals surface area contributed by atoms with Gasteiger partial charge in [-0.2, -0.15) is 8.42 Å². The lowest BCUT2D eigenvalue weighted by Gasteiger charge is -2.03. The maximum Gasteiger partial charge on any atom is 0.302 e. The normalized spacial score (nSPS) is 11.6. The Bertz CT molecular complexity index is 426. The second-order valence-corrected chi connectivity index (χ2v) is 4.55. The van der Waals surface area contributed by atoms with Crippen LogP contribution >= 0.6 is 0 Å². The molecule has 0 unspecified atom stereocenters. The summed E-state index contributed by atoms with van der Waals surface area (Å²) in [5.74, 6) is -0.936. The largest absolute Gasteiger partial charge is 0.302 e. The highest BCUT2D eigenvalue weighted by Gasteiger charge is 2.08. The van der Waals surface area contributed by atoms with Crippen molar-refractivity contribution >= 4 is 10.2 Å². The Morgan fingerprint density at radius 3 is 2.50 bits per heavy atom. The molecule has 78 valence electrons. The number of aryl methyl sites for hydroxylation is 2. The molecule has 0 saturated heterocycles. The molecule has 0 saturated carbocycles. The standard InChI is InChI=1S/C9H10F2O2S/c1-7-6-9(10)3-2-8(7)4-5-14(11,12)13/h2-3,6H,4-5H2,1H3. The fourth-order valence-electron chi connectivity index (χ4n) is 1.17. The summed E-state index contributed by atoms with van der Waals surface area (Å²) in [5, 5.41) is 0. The Morgan fingerprint density at radius 1 is 1.36 bits per heavy atom. The van der Waals surface area contributed by atoms with Gasteiger partial charge in [-0.1, -0.05) is 6.07 Å². The van der Waals surface area contributed by atoms with Crippen molar-refractivity contribution < 1.29 is 16.7 Å². The summed E-state index contributed by atoms with van der Waals surface area (Å²) in [7, 11) is -4.44. The molecule has 0 fully saturated rings. The lowest BCUT2D eigenvalue weighted by Crippen LogP contribution is -2.03. The molecule has 0 aliphatic heterocycles. The first-order chi connectivity index (χ1) is 6.38. The van der Waals surface area contributed by atoms with Crippen LogP contribution < -0.4 is 0 Å². The molecule has 1 rings (SSSR count). The van der Waals surface area contributed by atoms with Crippen LogP contribution in [0.15, 0.2) is 18.2 Å². The summed E-state index contributed by atoms with van der Waals surface area (Å²) in [6.45, 7) is 1.66. The van der Waals surface area contributed by atoms with Gasteiger partial charge in [0, 0.05) is 0 Å². The van der Waals surface area contributed by atoms with E-state index in [1.54, 1.807) is 6.92 Å². The molecule has 0 atom stereocenters. The van der Waals surface area contributed by atoms with Crippen LogP contribution in [0.25, 0.3) is 0 Å². The van der Waals surface area contributed by atoms with Gasteiger partial charge in [0.15, 0.2) is 0 Å². The topological polar surface area (TPSA) is 34.1 Å². The highest BCUT2D eigenvalue weighted by molar-refractivity contribution is 7.86. The van der Waals surface area contributed by atoms with Gasteiger partial charge in [-0.05, 0) is 36.6 Å². The van der Waals surface area contributed by atoms with Gasteiger partial charge < -0.3 is 0 Å². The smallest absolute Gasteiger partial charge is 0.207 e.